The summed E-state index contributed by atoms with van der Waals surface area (Å²) in [5.74, 6) is -0.348. The normalized spacial score (nSPS) is 13.9. The maximum atomic E-state index is 13.1. The molecule has 31 heavy (non-hydrogen) atoms. The Kier molecular flexibility index (Phi) is 4.46. The number of urea groups is 1. The average molecular weight is 418 g/mol. The Morgan fingerprint density at radius 2 is 2.06 bits per heavy atom. The monoisotopic (exact) mass is 418 g/mol. The van der Waals surface area contributed by atoms with Crippen molar-refractivity contribution >= 4 is 23.3 Å². The van der Waals surface area contributed by atoms with E-state index in [-0.39, 0.29) is 18.0 Å². The Morgan fingerprint density at radius 1 is 1.19 bits per heavy atom. The molecular formula is C21H19FN8O. The summed E-state index contributed by atoms with van der Waals surface area (Å²) in [4.78, 5) is 27.0. The van der Waals surface area contributed by atoms with Crippen molar-refractivity contribution in [2.24, 2.45) is 0 Å². The number of aromatic nitrogens is 5. The first-order valence-electron chi connectivity index (χ1n) is 9.78. The summed E-state index contributed by atoms with van der Waals surface area (Å²) >= 11 is 0. The van der Waals surface area contributed by atoms with E-state index in [2.05, 4.69) is 25.4 Å². The van der Waals surface area contributed by atoms with Gasteiger partial charge in [-0.25, -0.2) is 14.3 Å². The summed E-state index contributed by atoms with van der Waals surface area (Å²) in [5, 5.41) is 7.03. The van der Waals surface area contributed by atoms with Gasteiger partial charge in [-0.3, -0.25) is 9.88 Å². The van der Waals surface area contributed by atoms with Gasteiger partial charge in [0, 0.05) is 37.1 Å². The number of nitrogen functional groups attached to an aromatic ring is 1. The molecule has 1 aliphatic rings. The van der Waals surface area contributed by atoms with Crippen LogP contribution in [-0.4, -0.2) is 37.1 Å². The number of hydrogen-bond acceptors (Lipinski definition) is 6. The van der Waals surface area contributed by atoms with Crippen LogP contribution in [0.2, 0.25) is 0 Å². The van der Waals surface area contributed by atoms with Gasteiger partial charge in [0.25, 0.3) is 0 Å². The number of amides is 2. The highest BCUT2D eigenvalue weighted by Gasteiger charge is 2.27. The first-order valence-corrected chi connectivity index (χ1v) is 9.78. The molecule has 9 nitrogen and oxygen atoms in total. The lowest BCUT2D eigenvalue weighted by molar-refractivity contribution is 0.244. The number of carbonyl (C=O) groups is 1. The van der Waals surface area contributed by atoms with E-state index in [0.29, 0.717) is 18.6 Å². The summed E-state index contributed by atoms with van der Waals surface area (Å²) in [5.41, 5.74) is 10.4. The lowest BCUT2D eigenvalue weighted by Crippen LogP contribution is -2.40. The van der Waals surface area contributed by atoms with E-state index in [9.17, 15) is 9.18 Å². The van der Waals surface area contributed by atoms with Crippen molar-refractivity contribution in [3.05, 3.63) is 66.1 Å². The van der Waals surface area contributed by atoms with Crippen molar-refractivity contribution in [3.63, 3.8) is 0 Å². The molecular weight excluding hydrogens is 399 g/mol. The summed E-state index contributed by atoms with van der Waals surface area (Å²) in [7, 11) is 0. The fourth-order valence-corrected chi connectivity index (χ4v) is 3.68. The van der Waals surface area contributed by atoms with E-state index < -0.39 is 5.95 Å². The fourth-order valence-electron chi connectivity index (χ4n) is 3.68. The van der Waals surface area contributed by atoms with Crippen LogP contribution in [0, 0.1) is 5.95 Å². The van der Waals surface area contributed by atoms with E-state index in [4.69, 9.17) is 5.73 Å². The minimum Gasteiger partial charge on any atom is -0.366 e. The Balaban J connectivity index is 1.40. The summed E-state index contributed by atoms with van der Waals surface area (Å²) in [6.45, 7) is 2.36. The quantitative estimate of drug-likeness (QED) is 0.495. The molecule has 0 aromatic carbocycles. The van der Waals surface area contributed by atoms with Crippen LogP contribution in [0.3, 0.4) is 0 Å². The number of nitrogens with two attached hydrogens (primary N) is 1. The lowest BCUT2D eigenvalue weighted by Gasteiger charge is -2.22. The van der Waals surface area contributed by atoms with Gasteiger partial charge in [0.1, 0.15) is 0 Å². The standard InChI is InChI=1S/C21H19FN8O/c1-12(14-2-3-18(22)25-10-14)26-21(31)29-6-5-16-17(29)8-15(11-24-16)13-4-7-30-19(9-13)27-20(23)28-30/h2-4,7-12H,5-6H2,1H3,(H2,23,28)(H,26,31)/t12-/m0/s1. The van der Waals surface area contributed by atoms with E-state index in [1.807, 2.05) is 25.1 Å². The van der Waals surface area contributed by atoms with Crippen molar-refractivity contribution in [1.82, 2.24) is 29.9 Å². The third-order valence-corrected chi connectivity index (χ3v) is 5.33. The molecule has 0 spiro atoms. The predicted molar refractivity (Wildman–Crippen MR) is 113 cm³/mol. The van der Waals surface area contributed by atoms with Crippen LogP contribution >= 0.6 is 0 Å². The Labute approximate surface area is 176 Å². The molecule has 2 amide bonds. The number of nitrogens with zero attached hydrogens (tertiary/aromatic N) is 6. The number of nitrogens with one attached hydrogen (secondary N) is 1. The van der Waals surface area contributed by atoms with Gasteiger partial charge in [-0.1, -0.05) is 6.07 Å². The second kappa shape index (κ2) is 7.31. The highest BCUT2D eigenvalue weighted by atomic mass is 19.1. The van der Waals surface area contributed by atoms with Gasteiger partial charge >= 0.3 is 6.03 Å². The van der Waals surface area contributed by atoms with Crippen molar-refractivity contribution in [1.29, 1.82) is 0 Å². The highest BCUT2D eigenvalue weighted by Crippen LogP contribution is 2.31. The van der Waals surface area contributed by atoms with Crippen LogP contribution in [0.1, 0.15) is 24.2 Å². The largest absolute Gasteiger partial charge is 0.366 e. The second-order valence-electron chi connectivity index (χ2n) is 7.37. The molecule has 156 valence electrons. The third-order valence-electron chi connectivity index (χ3n) is 5.33. The molecule has 1 aliphatic heterocycles. The Morgan fingerprint density at radius 3 is 2.87 bits per heavy atom. The number of rotatable bonds is 3. The van der Waals surface area contributed by atoms with Crippen molar-refractivity contribution in [2.45, 2.75) is 19.4 Å². The fraction of sp³-hybridized carbons (Fsp3) is 0.190. The second-order valence-corrected chi connectivity index (χ2v) is 7.37. The molecule has 4 aromatic rings. The first kappa shape index (κ1) is 18.9. The molecule has 10 heteroatoms. The molecule has 4 aromatic heterocycles. The summed E-state index contributed by atoms with van der Waals surface area (Å²) in [6.07, 6.45) is 5.67. The van der Waals surface area contributed by atoms with Gasteiger partial charge in [0.05, 0.1) is 17.4 Å². The zero-order valence-electron chi connectivity index (χ0n) is 16.7. The number of carbonyl (C=O) groups excluding carboxylic acids is 1. The van der Waals surface area contributed by atoms with E-state index >= 15 is 0 Å². The molecule has 0 radical (unpaired) electrons. The molecule has 3 N–H and O–H groups in total. The molecule has 0 saturated heterocycles. The Hall–Kier alpha value is -4.08. The molecule has 0 fully saturated rings. The van der Waals surface area contributed by atoms with Crippen LogP contribution in [-0.2, 0) is 6.42 Å². The van der Waals surface area contributed by atoms with Gasteiger partial charge < -0.3 is 11.1 Å². The van der Waals surface area contributed by atoms with Gasteiger partial charge in [-0.2, -0.15) is 9.37 Å². The number of anilines is 2. The van der Waals surface area contributed by atoms with Crippen LogP contribution in [0.25, 0.3) is 16.8 Å². The van der Waals surface area contributed by atoms with Crippen molar-refractivity contribution < 1.29 is 9.18 Å². The van der Waals surface area contributed by atoms with E-state index in [1.165, 1.54) is 12.3 Å². The number of pyridine rings is 3. The van der Waals surface area contributed by atoms with Crippen molar-refractivity contribution in [3.8, 4) is 11.1 Å². The number of hydrogen-bond donors (Lipinski definition) is 2. The van der Waals surface area contributed by atoms with Crippen LogP contribution in [0.5, 0.6) is 0 Å². The summed E-state index contributed by atoms with van der Waals surface area (Å²) in [6, 6.07) is 8.04. The topological polar surface area (TPSA) is 114 Å². The van der Waals surface area contributed by atoms with Crippen LogP contribution in [0.4, 0.5) is 20.8 Å². The highest BCUT2D eigenvalue weighted by molar-refractivity contribution is 5.95. The molecule has 1 atom stereocenters. The lowest BCUT2D eigenvalue weighted by atomic mass is 10.1. The smallest absolute Gasteiger partial charge is 0.322 e. The molecule has 0 bridgehead atoms. The molecule has 0 aliphatic carbocycles. The third kappa shape index (κ3) is 3.52. The van der Waals surface area contributed by atoms with E-state index in [1.54, 1.807) is 27.9 Å². The Bertz CT molecular complexity index is 1290. The van der Waals surface area contributed by atoms with Crippen LogP contribution in [0.15, 0.2) is 48.9 Å². The predicted octanol–water partition coefficient (Wildman–Crippen LogP) is 2.74. The number of halogens is 1. The van der Waals surface area contributed by atoms with Gasteiger partial charge in [0.15, 0.2) is 5.65 Å². The molecule has 0 saturated carbocycles. The SMILES string of the molecule is C[C@H](NC(=O)N1CCc2ncc(-c3ccn4nc(N)nc4c3)cc21)c1ccc(F)nc1. The molecule has 5 rings (SSSR count). The van der Waals surface area contributed by atoms with Gasteiger partial charge in [0.2, 0.25) is 11.9 Å². The minimum atomic E-state index is -0.554. The zero-order chi connectivity index (χ0) is 21.5. The average Bonchev–Trinajstić information content (AvgIpc) is 3.35. The molecule has 5 heterocycles. The van der Waals surface area contributed by atoms with E-state index in [0.717, 1.165) is 28.1 Å². The van der Waals surface area contributed by atoms with Gasteiger partial charge in [-0.15, -0.1) is 5.10 Å². The maximum Gasteiger partial charge on any atom is 0.322 e. The molecule has 0 unspecified atom stereocenters. The van der Waals surface area contributed by atoms with Gasteiger partial charge in [-0.05, 0) is 42.3 Å². The van der Waals surface area contributed by atoms with Crippen LogP contribution < -0.4 is 16.0 Å². The summed E-state index contributed by atoms with van der Waals surface area (Å²) < 4.78 is 14.7. The number of fused-ring (bicyclic) bond motifs is 2. The van der Waals surface area contributed by atoms with Crippen molar-refractivity contribution in [2.75, 3.05) is 17.2 Å². The maximum absolute atomic E-state index is 13.1. The first-order chi connectivity index (χ1) is 15.0. The zero-order valence-corrected chi connectivity index (χ0v) is 16.7. The minimum absolute atomic E-state index is 0.206.